The molecule has 2 heterocycles. The highest BCUT2D eigenvalue weighted by Gasteiger charge is 2.40. The number of ether oxygens (including phenoxy) is 2. The summed E-state index contributed by atoms with van der Waals surface area (Å²) in [7, 11) is 0. The van der Waals surface area contributed by atoms with Crippen LogP contribution in [-0.2, 0) is 19.1 Å². The van der Waals surface area contributed by atoms with E-state index in [4.69, 9.17) is 9.47 Å². The van der Waals surface area contributed by atoms with E-state index in [9.17, 15) is 19.5 Å². The number of hydrogen-bond donors (Lipinski definition) is 2. The monoisotopic (exact) mass is 464 g/mol. The van der Waals surface area contributed by atoms with Crippen molar-refractivity contribution >= 4 is 18.0 Å². The lowest BCUT2D eigenvalue weighted by Crippen LogP contribution is -2.43. The third-order valence-electron chi connectivity index (χ3n) is 7.07. The summed E-state index contributed by atoms with van der Waals surface area (Å²) in [6.45, 7) is 1.18. The molecule has 34 heavy (non-hydrogen) atoms. The average molecular weight is 465 g/mol. The van der Waals surface area contributed by atoms with Crippen molar-refractivity contribution in [3.05, 3.63) is 59.7 Å². The molecule has 178 valence electrons. The van der Waals surface area contributed by atoms with Gasteiger partial charge in [-0.3, -0.25) is 4.79 Å². The molecular formula is C26H28N2O6. The Labute approximate surface area is 197 Å². The predicted octanol–water partition coefficient (Wildman–Crippen LogP) is 3.01. The van der Waals surface area contributed by atoms with Gasteiger partial charge in [0.15, 0.2) is 0 Å². The number of benzene rings is 2. The number of fused-ring (bicyclic) bond motifs is 3. The molecule has 8 nitrogen and oxygen atoms in total. The van der Waals surface area contributed by atoms with Crippen LogP contribution >= 0.6 is 0 Å². The molecule has 0 radical (unpaired) electrons. The summed E-state index contributed by atoms with van der Waals surface area (Å²) in [5, 5.41) is 12.1. The number of alkyl carbamates (subject to hydrolysis) is 1. The average Bonchev–Trinajstić information content (AvgIpc) is 3.59. The van der Waals surface area contributed by atoms with E-state index < -0.39 is 18.1 Å². The molecule has 0 aromatic heterocycles. The molecule has 2 aliphatic heterocycles. The molecule has 2 N–H and O–H groups in total. The molecule has 3 atom stereocenters. The number of carbonyl (C=O) groups is 3. The van der Waals surface area contributed by atoms with Crippen LogP contribution in [0, 0.1) is 5.92 Å². The number of hydrogen-bond acceptors (Lipinski definition) is 5. The van der Waals surface area contributed by atoms with Crippen molar-refractivity contribution in [2.45, 2.75) is 37.3 Å². The molecular weight excluding hydrogens is 436 g/mol. The lowest BCUT2D eigenvalue weighted by molar-refractivity contribution is -0.149. The van der Waals surface area contributed by atoms with Gasteiger partial charge in [-0.2, -0.15) is 0 Å². The minimum atomic E-state index is -0.960. The van der Waals surface area contributed by atoms with E-state index in [-0.39, 0.29) is 43.6 Å². The van der Waals surface area contributed by atoms with Gasteiger partial charge in [0, 0.05) is 19.0 Å². The van der Waals surface area contributed by atoms with Gasteiger partial charge < -0.3 is 24.8 Å². The number of nitrogens with zero attached hydrogens (tertiary/aromatic N) is 1. The van der Waals surface area contributed by atoms with Crippen LogP contribution in [0.1, 0.15) is 36.3 Å². The number of amides is 2. The number of likely N-dealkylation sites (tertiary alicyclic amines) is 1. The van der Waals surface area contributed by atoms with Crippen LogP contribution in [0.3, 0.4) is 0 Å². The number of carboxylic acid groups (broad SMARTS) is 1. The van der Waals surface area contributed by atoms with Crippen molar-refractivity contribution in [2.24, 2.45) is 5.92 Å². The van der Waals surface area contributed by atoms with Crippen molar-refractivity contribution in [3.63, 3.8) is 0 Å². The van der Waals surface area contributed by atoms with Gasteiger partial charge in [0.25, 0.3) is 0 Å². The van der Waals surface area contributed by atoms with Gasteiger partial charge in [0.1, 0.15) is 12.6 Å². The summed E-state index contributed by atoms with van der Waals surface area (Å²) in [4.78, 5) is 38.0. The number of nitrogens with one attached hydrogen (secondary N) is 1. The topological polar surface area (TPSA) is 105 Å². The normalized spacial score (nSPS) is 23.4. The summed E-state index contributed by atoms with van der Waals surface area (Å²) in [6, 6.07) is 15.6. The SMILES string of the molecule is O=C(NCC1CC(C(=O)N2CCC[C@H]2C(=O)O)CO1)OCC1c2ccccc2-c2ccccc21. The highest BCUT2D eigenvalue weighted by molar-refractivity contribution is 5.86. The fourth-order valence-electron chi connectivity index (χ4n) is 5.39. The van der Waals surface area contributed by atoms with E-state index in [1.807, 2.05) is 24.3 Å². The van der Waals surface area contributed by atoms with Crippen molar-refractivity contribution in [2.75, 3.05) is 26.3 Å². The zero-order valence-corrected chi connectivity index (χ0v) is 18.8. The third-order valence-corrected chi connectivity index (χ3v) is 7.07. The molecule has 0 bridgehead atoms. The Balaban J connectivity index is 1.11. The Morgan fingerprint density at radius 1 is 1.06 bits per heavy atom. The molecule has 5 rings (SSSR count). The first kappa shape index (κ1) is 22.4. The van der Waals surface area contributed by atoms with Gasteiger partial charge in [0.05, 0.1) is 18.6 Å². The molecule has 2 amide bonds. The second kappa shape index (κ2) is 9.46. The van der Waals surface area contributed by atoms with Crippen LogP contribution in [0.4, 0.5) is 4.79 Å². The maximum atomic E-state index is 12.8. The molecule has 3 aliphatic rings. The first-order valence-electron chi connectivity index (χ1n) is 11.8. The second-order valence-corrected chi connectivity index (χ2v) is 9.12. The van der Waals surface area contributed by atoms with E-state index in [0.717, 1.165) is 11.1 Å². The van der Waals surface area contributed by atoms with Gasteiger partial charge >= 0.3 is 12.1 Å². The minimum absolute atomic E-state index is 0.00877. The number of carboxylic acids is 1. The highest BCUT2D eigenvalue weighted by Crippen LogP contribution is 2.44. The summed E-state index contributed by atoms with van der Waals surface area (Å²) in [6.07, 6.45) is 0.807. The quantitative estimate of drug-likeness (QED) is 0.681. The van der Waals surface area contributed by atoms with Crippen molar-refractivity contribution in [3.8, 4) is 11.1 Å². The van der Waals surface area contributed by atoms with Gasteiger partial charge in [-0.25, -0.2) is 9.59 Å². The fraction of sp³-hybridized carbons (Fsp3) is 0.423. The Morgan fingerprint density at radius 2 is 1.74 bits per heavy atom. The van der Waals surface area contributed by atoms with E-state index in [2.05, 4.69) is 29.6 Å². The second-order valence-electron chi connectivity index (χ2n) is 9.12. The van der Waals surface area contributed by atoms with Gasteiger partial charge in [-0.05, 0) is 41.5 Å². The van der Waals surface area contributed by atoms with Crippen LogP contribution in [-0.4, -0.2) is 66.4 Å². The number of rotatable bonds is 6. The first-order chi connectivity index (χ1) is 16.5. The largest absolute Gasteiger partial charge is 0.480 e. The Hall–Kier alpha value is -3.39. The third kappa shape index (κ3) is 4.25. The summed E-state index contributed by atoms with van der Waals surface area (Å²) < 4.78 is 11.2. The van der Waals surface area contributed by atoms with Crippen LogP contribution in [0.15, 0.2) is 48.5 Å². The van der Waals surface area contributed by atoms with Crippen LogP contribution in [0.25, 0.3) is 11.1 Å². The summed E-state index contributed by atoms with van der Waals surface area (Å²) in [5.41, 5.74) is 4.65. The van der Waals surface area contributed by atoms with Crippen LogP contribution < -0.4 is 5.32 Å². The number of carbonyl (C=O) groups excluding carboxylic acids is 2. The minimum Gasteiger partial charge on any atom is -0.480 e. The standard InChI is InChI=1S/C26H28N2O6/c29-24(28-11-5-10-23(28)25(30)31)16-12-17(33-14-16)13-27-26(32)34-15-22-20-8-3-1-6-18(20)19-7-2-4-9-21(19)22/h1-4,6-9,16-17,22-23H,5,10-15H2,(H,27,32)(H,30,31)/t16?,17?,23-/m0/s1. The molecule has 0 saturated carbocycles. The Bertz CT molecular complexity index is 1060. The maximum absolute atomic E-state index is 12.8. The lowest BCUT2D eigenvalue weighted by atomic mass is 9.98. The lowest BCUT2D eigenvalue weighted by Gasteiger charge is -2.24. The molecule has 2 aromatic rings. The molecule has 8 heteroatoms. The molecule has 2 fully saturated rings. The summed E-state index contributed by atoms with van der Waals surface area (Å²) in [5.74, 6) is -1.52. The van der Waals surface area contributed by atoms with E-state index in [1.54, 1.807) is 0 Å². The first-order valence-corrected chi connectivity index (χ1v) is 11.8. The van der Waals surface area contributed by atoms with Crippen molar-refractivity contribution in [1.82, 2.24) is 10.2 Å². The van der Waals surface area contributed by atoms with Crippen LogP contribution in [0.5, 0.6) is 0 Å². The van der Waals surface area contributed by atoms with Gasteiger partial charge in [0.2, 0.25) is 5.91 Å². The Kier molecular flexibility index (Phi) is 6.24. The number of aliphatic carboxylic acids is 1. The highest BCUT2D eigenvalue weighted by atomic mass is 16.5. The molecule has 1 aliphatic carbocycles. The van der Waals surface area contributed by atoms with Gasteiger partial charge in [-0.1, -0.05) is 48.5 Å². The molecule has 2 aromatic carbocycles. The molecule has 0 spiro atoms. The van der Waals surface area contributed by atoms with Crippen LogP contribution in [0.2, 0.25) is 0 Å². The van der Waals surface area contributed by atoms with Crippen molar-refractivity contribution in [1.29, 1.82) is 0 Å². The Morgan fingerprint density at radius 3 is 2.41 bits per heavy atom. The van der Waals surface area contributed by atoms with E-state index in [0.29, 0.717) is 25.8 Å². The van der Waals surface area contributed by atoms with Crippen molar-refractivity contribution < 1.29 is 29.0 Å². The zero-order chi connectivity index (χ0) is 23.7. The van der Waals surface area contributed by atoms with E-state index in [1.165, 1.54) is 16.0 Å². The zero-order valence-electron chi connectivity index (χ0n) is 18.8. The van der Waals surface area contributed by atoms with Gasteiger partial charge in [-0.15, -0.1) is 0 Å². The predicted molar refractivity (Wildman–Crippen MR) is 123 cm³/mol. The molecule has 2 saturated heterocycles. The molecule has 2 unspecified atom stereocenters. The maximum Gasteiger partial charge on any atom is 0.407 e. The fourth-order valence-corrected chi connectivity index (χ4v) is 5.39. The smallest absolute Gasteiger partial charge is 0.407 e. The summed E-state index contributed by atoms with van der Waals surface area (Å²) >= 11 is 0. The van der Waals surface area contributed by atoms with E-state index >= 15 is 0 Å².